The number of nitrogens with zero attached hydrogens (tertiary/aromatic N) is 1. The third-order valence-electron chi connectivity index (χ3n) is 3.79. The van der Waals surface area contributed by atoms with Crippen LogP contribution in [0.3, 0.4) is 0 Å². The second-order valence-corrected chi connectivity index (χ2v) is 4.75. The minimum Gasteiger partial charge on any atom is -0.462 e. The monoisotopic (exact) mass is 219 g/mol. The van der Waals surface area contributed by atoms with E-state index in [0.29, 0.717) is 18.4 Å². The lowest BCUT2D eigenvalue weighted by atomic mass is 9.87. The number of carbonyl (C=O) groups excluding carboxylic acids is 1. The van der Waals surface area contributed by atoms with E-state index in [4.69, 9.17) is 10.00 Å². The maximum Gasteiger partial charge on any atom is 0.348 e. The Morgan fingerprint density at radius 2 is 2.31 bits per heavy atom. The van der Waals surface area contributed by atoms with Crippen molar-refractivity contribution in [1.82, 2.24) is 0 Å². The van der Waals surface area contributed by atoms with E-state index in [0.717, 1.165) is 12.3 Å². The summed E-state index contributed by atoms with van der Waals surface area (Å²) in [6, 6.07) is 1.96. The van der Waals surface area contributed by atoms with Crippen LogP contribution in [0.2, 0.25) is 0 Å². The minimum atomic E-state index is -0.465. The second kappa shape index (κ2) is 4.69. The SMILES string of the molecule is CCOC(=O)C(C#N)=CC1CC2CCC1C2. The summed E-state index contributed by atoms with van der Waals surface area (Å²) in [5, 5.41) is 8.93. The average Bonchev–Trinajstić information content (AvgIpc) is 2.87. The first kappa shape index (κ1) is 11.2. The molecule has 2 aliphatic carbocycles. The van der Waals surface area contributed by atoms with Crippen LogP contribution in [-0.2, 0) is 9.53 Å². The van der Waals surface area contributed by atoms with Crippen LogP contribution in [0.4, 0.5) is 0 Å². The Hall–Kier alpha value is -1.30. The van der Waals surface area contributed by atoms with E-state index in [2.05, 4.69) is 0 Å². The molecule has 16 heavy (non-hydrogen) atoms. The number of fused-ring (bicyclic) bond motifs is 2. The van der Waals surface area contributed by atoms with Crippen molar-refractivity contribution in [2.45, 2.75) is 32.6 Å². The number of hydrogen-bond acceptors (Lipinski definition) is 3. The van der Waals surface area contributed by atoms with Gasteiger partial charge in [0.05, 0.1) is 6.61 Å². The van der Waals surface area contributed by atoms with Crippen LogP contribution in [0.15, 0.2) is 11.6 Å². The third kappa shape index (κ3) is 2.11. The fraction of sp³-hybridized carbons (Fsp3) is 0.692. The smallest absolute Gasteiger partial charge is 0.348 e. The quantitative estimate of drug-likeness (QED) is 0.416. The van der Waals surface area contributed by atoms with Gasteiger partial charge in [0.2, 0.25) is 0 Å². The molecule has 0 aromatic heterocycles. The molecule has 2 fully saturated rings. The van der Waals surface area contributed by atoms with Gasteiger partial charge in [-0.25, -0.2) is 4.79 Å². The Balaban J connectivity index is 2.04. The molecule has 2 aliphatic rings. The fourth-order valence-corrected chi connectivity index (χ4v) is 3.07. The van der Waals surface area contributed by atoms with E-state index in [9.17, 15) is 4.79 Å². The molecule has 0 aromatic rings. The summed E-state index contributed by atoms with van der Waals surface area (Å²) in [5.74, 6) is 1.49. The predicted molar refractivity (Wildman–Crippen MR) is 59.3 cm³/mol. The van der Waals surface area contributed by atoms with Crippen molar-refractivity contribution in [2.75, 3.05) is 6.61 Å². The minimum absolute atomic E-state index is 0.194. The van der Waals surface area contributed by atoms with Gasteiger partial charge in [-0.3, -0.25) is 0 Å². The number of nitriles is 1. The van der Waals surface area contributed by atoms with Gasteiger partial charge < -0.3 is 4.74 Å². The van der Waals surface area contributed by atoms with E-state index >= 15 is 0 Å². The highest BCUT2D eigenvalue weighted by Crippen LogP contribution is 2.49. The number of carbonyl (C=O) groups is 1. The summed E-state index contributed by atoms with van der Waals surface area (Å²) in [6.45, 7) is 2.08. The van der Waals surface area contributed by atoms with Crippen LogP contribution in [-0.4, -0.2) is 12.6 Å². The summed E-state index contributed by atoms with van der Waals surface area (Å²) in [6.07, 6.45) is 6.86. The Bertz CT molecular complexity index is 353. The second-order valence-electron chi connectivity index (χ2n) is 4.75. The molecule has 0 spiro atoms. The Kier molecular flexibility index (Phi) is 3.28. The highest BCUT2D eigenvalue weighted by Gasteiger charge is 2.38. The maximum atomic E-state index is 11.5. The van der Waals surface area contributed by atoms with Crippen LogP contribution < -0.4 is 0 Å². The average molecular weight is 219 g/mol. The van der Waals surface area contributed by atoms with E-state index in [1.54, 1.807) is 6.92 Å². The molecule has 0 amide bonds. The Morgan fingerprint density at radius 3 is 2.81 bits per heavy atom. The van der Waals surface area contributed by atoms with Gasteiger partial charge in [0.15, 0.2) is 0 Å². The molecule has 3 nitrogen and oxygen atoms in total. The molecule has 2 rings (SSSR count). The summed E-state index contributed by atoms with van der Waals surface area (Å²) < 4.78 is 4.86. The van der Waals surface area contributed by atoms with Crippen LogP contribution in [0.1, 0.15) is 32.6 Å². The summed E-state index contributed by atoms with van der Waals surface area (Å²) in [4.78, 5) is 11.5. The molecule has 0 radical (unpaired) electrons. The largest absolute Gasteiger partial charge is 0.462 e. The van der Waals surface area contributed by atoms with Gasteiger partial charge in [-0.2, -0.15) is 5.26 Å². The van der Waals surface area contributed by atoms with Gasteiger partial charge in [0, 0.05) is 0 Å². The molecule has 3 atom stereocenters. The van der Waals surface area contributed by atoms with Gasteiger partial charge in [0.1, 0.15) is 11.6 Å². The van der Waals surface area contributed by atoms with Gasteiger partial charge in [-0.05, 0) is 43.9 Å². The number of esters is 1. The Labute approximate surface area is 96.1 Å². The normalized spacial score (nSPS) is 32.5. The topological polar surface area (TPSA) is 50.1 Å². The molecule has 3 unspecified atom stereocenters. The molecule has 0 N–H and O–H groups in total. The lowest BCUT2D eigenvalue weighted by Crippen LogP contribution is -2.12. The zero-order valence-electron chi connectivity index (χ0n) is 9.61. The Morgan fingerprint density at radius 1 is 1.50 bits per heavy atom. The first-order valence-corrected chi connectivity index (χ1v) is 6.03. The molecule has 2 bridgehead atoms. The van der Waals surface area contributed by atoms with Crippen LogP contribution in [0.5, 0.6) is 0 Å². The lowest BCUT2D eigenvalue weighted by Gasteiger charge is -2.17. The zero-order valence-corrected chi connectivity index (χ0v) is 9.61. The van der Waals surface area contributed by atoms with Crippen molar-refractivity contribution >= 4 is 5.97 Å². The molecule has 3 heteroatoms. The van der Waals surface area contributed by atoms with E-state index < -0.39 is 5.97 Å². The number of allylic oxidation sites excluding steroid dienone is 1. The van der Waals surface area contributed by atoms with Crippen LogP contribution in [0.25, 0.3) is 0 Å². The maximum absolute atomic E-state index is 11.5. The van der Waals surface area contributed by atoms with Crippen molar-refractivity contribution in [3.8, 4) is 6.07 Å². The number of ether oxygens (including phenoxy) is 1. The molecule has 86 valence electrons. The van der Waals surface area contributed by atoms with Crippen molar-refractivity contribution in [3.05, 3.63) is 11.6 Å². The molecule has 0 aliphatic heterocycles. The molecule has 2 saturated carbocycles. The molecular formula is C13H17NO2. The molecule has 0 heterocycles. The van der Waals surface area contributed by atoms with Gasteiger partial charge in [-0.1, -0.05) is 12.5 Å². The molecular weight excluding hydrogens is 202 g/mol. The highest BCUT2D eigenvalue weighted by molar-refractivity contribution is 5.92. The lowest BCUT2D eigenvalue weighted by molar-refractivity contribution is -0.138. The fourth-order valence-electron chi connectivity index (χ4n) is 3.07. The van der Waals surface area contributed by atoms with Crippen molar-refractivity contribution in [1.29, 1.82) is 5.26 Å². The van der Waals surface area contributed by atoms with E-state index in [-0.39, 0.29) is 5.57 Å². The van der Waals surface area contributed by atoms with Crippen molar-refractivity contribution in [2.24, 2.45) is 17.8 Å². The molecule has 0 aromatic carbocycles. The number of rotatable bonds is 3. The van der Waals surface area contributed by atoms with E-state index in [1.807, 2.05) is 12.1 Å². The first-order valence-electron chi connectivity index (χ1n) is 6.03. The van der Waals surface area contributed by atoms with E-state index in [1.165, 1.54) is 19.3 Å². The van der Waals surface area contributed by atoms with Crippen molar-refractivity contribution < 1.29 is 9.53 Å². The first-order chi connectivity index (χ1) is 7.74. The zero-order chi connectivity index (χ0) is 11.5. The molecule has 0 saturated heterocycles. The van der Waals surface area contributed by atoms with Crippen LogP contribution in [0, 0.1) is 29.1 Å². The summed E-state index contributed by atoms with van der Waals surface area (Å²) in [7, 11) is 0. The van der Waals surface area contributed by atoms with Crippen molar-refractivity contribution in [3.63, 3.8) is 0 Å². The van der Waals surface area contributed by atoms with Gasteiger partial charge >= 0.3 is 5.97 Å². The third-order valence-corrected chi connectivity index (χ3v) is 3.79. The highest BCUT2D eigenvalue weighted by atomic mass is 16.5. The summed E-state index contributed by atoms with van der Waals surface area (Å²) >= 11 is 0. The van der Waals surface area contributed by atoms with Gasteiger partial charge in [0.25, 0.3) is 0 Å². The van der Waals surface area contributed by atoms with Gasteiger partial charge in [-0.15, -0.1) is 0 Å². The standard InChI is InChI=1S/C13H17NO2/c1-2-16-13(15)12(8-14)7-11-6-9-3-4-10(11)5-9/h7,9-11H,2-6H2,1H3. The van der Waals surface area contributed by atoms with Crippen LogP contribution >= 0.6 is 0 Å². The predicted octanol–water partition coefficient (Wildman–Crippen LogP) is 2.44. The summed E-state index contributed by atoms with van der Waals surface area (Å²) in [5.41, 5.74) is 0.194. The number of hydrogen-bond donors (Lipinski definition) is 0.